The van der Waals surface area contributed by atoms with E-state index < -0.39 is 48.7 Å². The molecule has 0 bridgehead atoms. The number of urea groups is 1. The number of hydrogen-bond donors (Lipinski definition) is 3. The van der Waals surface area contributed by atoms with E-state index in [9.17, 15) is 19.5 Å². The zero-order chi connectivity index (χ0) is 27.8. The van der Waals surface area contributed by atoms with Crippen LogP contribution >= 0.6 is 0 Å². The van der Waals surface area contributed by atoms with Crippen LogP contribution in [0.5, 0.6) is 0 Å². The van der Waals surface area contributed by atoms with Crippen LogP contribution in [0.1, 0.15) is 37.8 Å². The zero-order valence-corrected chi connectivity index (χ0v) is 21.7. The highest BCUT2D eigenvalue weighted by Gasteiger charge is 2.54. The number of rotatable bonds is 7. The Bertz CT molecular complexity index is 1420. The van der Waals surface area contributed by atoms with Crippen LogP contribution in [0, 0.1) is 5.92 Å². The summed E-state index contributed by atoms with van der Waals surface area (Å²) in [5, 5.41) is 14.7. The molecule has 210 valence electrons. The first-order valence-corrected chi connectivity index (χ1v) is 13.2. The quantitative estimate of drug-likeness (QED) is 0.392. The number of nitrogens with zero attached hydrogens (tertiary/aromatic N) is 5. The van der Waals surface area contributed by atoms with Gasteiger partial charge in [0.1, 0.15) is 18.5 Å². The summed E-state index contributed by atoms with van der Waals surface area (Å²) in [5.41, 5.74) is 1.60. The van der Waals surface area contributed by atoms with E-state index in [1.54, 1.807) is 16.4 Å². The van der Waals surface area contributed by atoms with Crippen molar-refractivity contribution in [3.05, 3.63) is 48.5 Å². The lowest BCUT2D eigenvalue weighted by Gasteiger charge is -2.23. The minimum Gasteiger partial charge on any atom is -0.481 e. The molecule has 4 unspecified atom stereocenters. The third-order valence-corrected chi connectivity index (χ3v) is 7.39. The highest BCUT2D eigenvalue weighted by molar-refractivity contribution is 5.95. The lowest BCUT2D eigenvalue weighted by Crippen LogP contribution is -2.36. The van der Waals surface area contributed by atoms with Crippen molar-refractivity contribution in [3.8, 4) is 0 Å². The van der Waals surface area contributed by atoms with Crippen LogP contribution in [0.4, 0.5) is 10.6 Å². The van der Waals surface area contributed by atoms with Crippen LogP contribution in [0.3, 0.4) is 0 Å². The number of benzene rings is 1. The monoisotopic (exact) mass is 551 g/mol. The van der Waals surface area contributed by atoms with E-state index in [1.807, 2.05) is 30.3 Å². The third-order valence-electron chi connectivity index (χ3n) is 7.39. The van der Waals surface area contributed by atoms with Crippen LogP contribution in [0.15, 0.2) is 43.0 Å². The van der Waals surface area contributed by atoms with Gasteiger partial charge in [-0.25, -0.2) is 19.7 Å². The molecular formula is C26H29N7O7. The van der Waals surface area contributed by atoms with Gasteiger partial charge in [-0.05, 0) is 13.3 Å². The first kappa shape index (κ1) is 26.1. The molecule has 1 aromatic carbocycles. The maximum Gasteiger partial charge on any atom is 0.320 e. The molecule has 0 aliphatic carbocycles. The first-order valence-electron chi connectivity index (χ1n) is 13.2. The fourth-order valence-electron chi connectivity index (χ4n) is 5.42. The van der Waals surface area contributed by atoms with Crippen molar-refractivity contribution in [3.63, 3.8) is 0 Å². The van der Waals surface area contributed by atoms with Crippen LogP contribution in [0.2, 0.25) is 0 Å². The summed E-state index contributed by atoms with van der Waals surface area (Å²) in [7, 11) is 0. The molecule has 40 heavy (non-hydrogen) atoms. The third kappa shape index (κ3) is 4.85. The number of carbonyl (C=O) groups excluding carboxylic acids is 2. The molecule has 3 N–H and O–H groups in total. The second-order valence-corrected chi connectivity index (χ2v) is 9.91. The van der Waals surface area contributed by atoms with Gasteiger partial charge in [0.05, 0.1) is 24.8 Å². The number of aliphatic carboxylic acids is 1. The van der Waals surface area contributed by atoms with E-state index >= 15 is 0 Å². The zero-order valence-electron chi connectivity index (χ0n) is 21.7. The molecule has 3 fully saturated rings. The summed E-state index contributed by atoms with van der Waals surface area (Å²) in [6, 6.07) is 9.06. The number of nitrogens with one attached hydrogen (secondary N) is 2. The molecule has 6 atom stereocenters. The molecule has 0 spiro atoms. The van der Waals surface area contributed by atoms with Crippen LogP contribution in [-0.2, 0) is 23.8 Å². The largest absolute Gasteiger partial charge is 0.481 e. The van der Waals surface area contributed by atoms with E-state index in [1.165, 1.54) is 12.7 Å². The Morgan fingerprint density at radius 3 is 2.62 bits per heavy atom. The van der Waals surface area contributed by atoms with Gasteiger partial charge in [-0.15, -0.1) is 0 Å². The van der Waals surface area contributed by atoms with Crippen molar-refractivity contribution in [2.75, 3.05) is 25.0 Å². The highest BCUT2D eigenvalue weighted by Crippen LogP contribution is 2.46. The Kier molecular flexibility index (Phi) is 7.04. The topological polar surface area (TPSA) is 170 Å². The van der Waals surface area contributed by atoms with Gasteiger partial charge in [-0.1, -0.05) is 30.3 Å². The Morgan fingerprint density at radius 2 is 1.88 bits per heavy atom. The summed E-state index contributed by atoms with van der Waals surface area (Å²) in [6.07, 6.45) is 0.0374. The fraction of sp³-hybridized carbons (Fsp3) is 0.462. The Hall–Kier alpha value is -4.14. The summed E-state index contributed by atoms with van der Waals surface area (Å²) in [6.45, 7) is 2.81. The number of imidazole rings is 1. The standard InChI is InChI=1S/C26H29N7O7/c1-2-27-26(37)31-21-18-22(29-12-28-21)33(13-30-18)23-20-19(39-25(40-20)14-6-4-3-5-7-14)16(38-23)10-17(34)32-9-8-15(11-32)24(35)36/h3-7,12-13,15-16,19-20,23,25H,2,8-11H2,1H3,(H,35,36)(H2,27,28,29,31,37)/t15-,16?,19?,20?,23?,25+/m1/s1. The second-order valence-electron chi connectivity index (χ2n) is 9.91. The van der Waals surface area contributed by atoms with Gasteiger partial charge < -0.3 is 29.5 Å². The van der Waals surface area contributed by atoms with Gasteiger partial charge >= 0.3 is 12.0 Å². The second kappa shape index (κ2) is 10.8. The molecule has 3 saturated heterocycles. The molecule has 14 heteroatoms. The van der Waals surface area contributed by atoms with Crippen LogP contribution in [0.25, 0.3) is 11.2 Å². The molecule has 5 heterocycles. The SMILES string of the molecule is CCNC(=O)Nc1ncnc2c1ncn2C1OC(CC(=O)N2CC[C@@H](C(=O)O)C2)C2O[C@H](c3ccccc3)OC21. The van der Waals surface area contributed by atoms with E-state index in [-0.39, 0.29) is 24.7 Å². The van der Waals surface area contributed by atoms with Crippen molar-refractivity contribution < 1.29 is 33.7 Å². The van der Waals surface area contributed by atoms with Crippen molar-refractivity contribution in [2.45, 2.75) is 50.6 Å². The van der Waals surface area contributed by atoms with Gasteiger partial charge in [0, 0.05) is 25.2 Å². The van der Waals surface area contributed by atoms with Gasteiger partial charge in [0.2, 0.25) is 5.91 Å². The normalized spacial score (nSPS) is 27.6. The highest BCUT2D eigenvalue weighted by atomic mass is 16.8. The number of carbonyl (C=O) groups is 3. The molecule has 0 radical (unpaired) electrons. The Labute approximate surface area is 228 Å². The predicted octanol–water partition coefficient (Wildman–Crippen LogP) is 1.67. The van der Waals surface area contributed by atoms with E-state index in [0.717, 1.165) is 5.56 Å². The lowest BCUT2D eigenvalue weighted by molar-refractivity contribution is -0.155. The molecule has 3 amide bonds. The number of carboxylic acid groups (broad SMARTS) is 1. The average Bonchev–Trinajstić information content (AvgIpc) is 3.73. The van der Waals surface area contributed by atoms with E-state index in [0.29, 0.717) is 30.7 Å². The molecule has 0 saturated carbocycles. The predicted molar refractivity (Wildman–Crippen MR) is 138 cm³/mol. The Morgan fingerprint density at radius 1 is 1.07 bits per heavy atom. The number of hydrogen-bond acceptors (Lipinski definition) is 9. The molecule has 2 aromatic heterocycles. The minimum absolute atomic E-state index is 0.000480. The molecule has 6 rings (SSSR count). The maximum atomic E-state index is 13.2. The molecule has 3 aliphatic heterocycles. The van der Waals surface area contributed by atoms with Crippen LogP contribution < -0.4 is 10.6 Å². The smallest absolute Gasteiger partial charge is 0.320 e. The molecule has 3 aliphatic rings. The summed E-state index contributed by atoms with van der Waals surface area (Å²) in [5.74, 6) is -1.43. The summed E-state index contributed by atoms with van der Waals surface area (Å²) < 4.78 is 20.7. The van der Waals surface area contributed by atoms with Gasteiger partial charge in [0.15, 0.2) is 29.5 Å². The Balaban J connectivity index is 1.27. The summed E-state index contributed by atoms with van der Waals surface area (Å²) >= 11 is 0. The van der Waals surface area contributed by atoms with Crippen molar-refractivity contribution >= 4 is 34.9 Å². The van der Waals surface area contributed by atoms with Crippen LogP contribution in [-0.4, -0.2) is 85.4 Å². The lowest BCUT2D eigenvalue weighted by atomic mass is 10.1. The minimum atomic E-state index is -0.902. The first-order chi connectivity index (χ1) is 19.4. The molecule has 3 aromatic rings. The van der Waals surface area contributed by atoms with Crippen molar-refractivity contribution in [1.29, 1.82) is 0 Å². The number of aromatic nitrogens is 4. The van der Waals surface area contributed by atoms with E-state index in [4.69, 9.17) is 14.2 Å². The van der Waals surface area contributed by atoms with Crippen molar-refractivity contribution in [1.82, 2.24) is 29.7 Å². The van der Waals surface area contributed by atoms with Gasteiger partial charge in [0.25, 0.3) is 0 Å². The molecule has 14 nitrogen and oxygen atoms in total. The van der Waals surface area contributed by atoms with Crippen molar-refractivity contribution in [2.24, 2.45) is 5.92 Å². The maximum absolute atomic E-state index is 13.2. The van der Waals surface area contributed by atoms with Gasteiger partial charge in [-0.3, -0.25) is 19.5 Å². The van der Waals surface area contributed by atoms with Gasteiger partial charge in [-0.2, -0.15) is 0 Å². The number of ether oxygens (including phenoxy) is 3. The number of fused-ring (bicyclic) bond motifs is 2. The van der Waals surface area contributed by atoms with E-state index in [2.05, 4.69) is 25.6 Å². The molecular weight excluding hydrogens is 522 g/mol. The number of carboxylic acids is 1. The average molecular weight is 552 g/mol. The number of likely N-dealkylation sites (tertiary alicyclic amines) is 1. The number of amides is 3. The fourth-order valence-corrected chi connectivity index (χ4v) is 5.42. The summed E-state index contributed by atoms with van der Waals surface area (Å²) in [4.78, 5) is 51.2. The number of anilines is 1.